The summed E-state index contributed by atoms with van der Waals surface area (Å²) in [5, 5.41) is 0. The van der Waals surface area contributed by atoms with E-state index in [9.17, 15) is 9.59 Å². The topological polar surface area (TPSA) is 55.8 Å². The maximum atomic E-state index is 11.8. The minimum absolute atomic E-state index is 0.239. The van der Waals surface area contributed by atoms with Crippen LogP contribution in [0.2, 0.25) is 0 Å². The summed E-state index contributed by atoms with van der Waals surface area (Å²) in [5.74, 6) is 0. The molecule has 1 aromatic carbocycles. The summed E-state index contributed by atoms with van der Waals surface area (Å²) < 4.78 is 10.3. The van der Waals surface area contributed by atoms with E-state index in [0.29, 0.717) is 19.4 Å². The Bertz CT molecular complexity index is 407. The van der Waals surface area contributed by atoms with Gasteiger partial charge < -0.3 is 19.2 Å². The van der Waals surface area contributed by atoms with Crippen LogP contribution in [-0.2, 0) is 20.9 Å². The summed E-state index contributed by atoms with van der Waals surface area (Å²) in [6, 6.07) is 9.46. The molecule has 1 saturated heterocycles. The molecule has 0 N–H and O–H groups in total. The first kappa shape index (κ1) is 12.6. The van der Waals surface area contributed by atoms with Crippen LogP contribution in [0, 0.1) is 0 Å². The lowest BCUT2D eigenvalue weighted by atomic mass is 10.2. The standard InChI is InChI=1S/C13H15NO4/c15-9-12-8-14(6-7-17-12)13(16)18-10-11-4-2-1-3-5-11/h1-5,9,12H,6-8,10H2/t12-/m1/s1. The quantitative estimate of drug-likeness (QED) is 0.756. The zero-order chi connectivity index (χ0) is 12.8. The van der Waals surface area contributed by atoms with Crippen LogP contribution in [-0.4, -0.2) is 43.1 Å². The Hall–Kier alpha value is -1.88. The molecule has 1 amide bonds. The van der Waals surface area contributed by atoms with Gasteiger partial charge in [0.2, 0.25) is 0 Å². The normalized spacial score (nSPS) is 19.3. The lowest BCUT2D eigenvalue weighted by Gasteiger charge is -2.29. The SMILES string of the molecule is O=C[C@H]1CN(C(=O)OCc2ccccc2)CCO1. The van der Waals surface area contributed by atoms with Gasteiger partial charge in [-0.1, -0.05) is 30.3 Å². The second kappa shape index (κ2) is 6.16. The number of ether oxygens (including phenoxy) is 2. The minimum atomic E-state index is -0.539. The summed E-state index contributed by atoms with van der Waals surface area (Å²) in [5.41, 5.74) is 0.936. The fraction of sp³-hybridized carbons (Fsp3) is 0.385. The number of morpholine rings is 1. The highest BCUT2D eigenvalue weighted by Crippen LogP contribution is 2.07. The van der Waals surface area contributed by atoms with E-state index < -0.39 is 12.2 Å². The summed E-state index contributed by atoms with van der Waals surface area (Å²) in [7, 11) is 0. The van der Waals surface area contributed by atoms with Gasteiger partial charge in [0.25, 0.3) is 0 Å². The third-order valence-electron chi connectivity index (χ3n) is 2.71. The first-order chi connectivity index (χ1) is 8.79. The van der Waals surface area contributed by atoms with Gasteiger partial charge in [-0.15, -0.1) is 0 Å². The van der Waals surface area contributed by atoms with Crippen LogP contribution in [0.3, 0.4) is 0 Å². The smallest absolute Gasteiger partial charge is 0.410 e. The number of aldehydes is 1. The van der Waals surface area contributed by atoms with Gasteiger partial charge in [-0.25, -0.2) is 4.79 Å². The number of benzene rings is 1. The van der Waals surface area contributed by atoms with E-state index in [1.165, 1.54) is 4.90 Å². The van der Waals surface area contributed by atoms with Crippen molar-refractivity contribution in [2.24, 2.45) is 0 Å². The summed E-state index contributed by atoms with van der Waals surface area (Å²) in [6.45, 7) is 1.32. The molecule has 96 valence electrons. The van der Waals surface area contributed by atoms with Crippen LogP contribution >= 0.6 is 0 Å². The Labute approximate surface area is 105 Å². The van der Waals surface area contributed by atoms with Crippen molar-refractivity contribution in [3.8, 4) is 0 Å². The lowest BCUT2D eigenvalue weighted by Crippen LogP contribution is -2.46. The number of carbonyl (C=O) groups is 2. The monoisotopic (exact) mass is 249 g/mol. The molecule has 0 aliphatic carbocycles. The molecular weight excluding hydrogens is 234 g/mol. The Balaban J connectivity index is 1.82. The van der Waals surface area contributed by atoms with Crippen molar-refractivity contribution in [1.82, 2.24) is 4.90 Å². The predicted octanol–water partition coefficient (Wildman–Crippen LogP) is 1.22. The Kier molecular flexibility index (Phi) is 4.30. The summed E-state index contributed by atoms with van der Waals surface area (Å²) in [4.78, 5) is 23.9. The zero-order valence-electron chi connectivity index (χ0n) is 9.95. The number of hydrogen-bond acceptors (Lipinski definition) is 4. The number of amides is 1. The van der Waals surface area contributed by atoms with Crippen molar-refractivity contribution in [3.63, 3.8) is 0 Å². The molecule has 5 nitrogen and oxygen atoms in total. The average molecular weight is 249 g/mol. The van der Waals surface area contributed by atoms with Gasteiger partial charge in [-0.2, -0.15) is 0 Å². The molecule has 0 aromatic heterocycles. The van der Waals surface area contributed by atoms with Gasteiger partial charge in [-0.05, 0) is 5.56 Å². The predicted molar refractivity (Wildman–Crippen MR) is 64.0 cm³/mol. The highest BCUT2D eigenvalue weighted by Gasteiger charge is 2.24. The van der Waals surface area contributed by atoms with Crippen LogP contribution in [0.4, 0.5) is 4.79 Å². The molecule has 1 aliphatic heterocycles. The maximum absolute atomic E-state index is 11.8. The van der Waals surface area contributed by atoms with Crippen molar-refractivity contribution in [3.05, 3.63) is 35.9 Å². The maximum Gasteiger partial charge on any atom is 0.410 e. The number of rotatable bonds is 3. The van der Waals surface area contributed by atoms with E-state index in [1.807, 2.05) is 30.3 Å². The van der Waals surface area contributed by atoms with E-state index in [2.05, 4.69) is 0 Å². The minimum Gasteiger partial charge on any atom is -0.445 e. The van der Waals surface area contributed by atoms with Crippen molar-refractivity contribution >= 4 is 12.4 Å². The molecule has 0 radical (unpaired) electrons. The van der Waals surface area contributed by atoms with Gasteiger partial charge in [-0.3, -0.25) is 0 Å². The summed E-state index contributed by atoms with van der Waals surface area (Å²) in [6.07, 6.45) is -0.242. The van der Waals surface area contributed by atoms with Crippen LogP contribution < -0.4 is 0 Å². The first-order valence-corrected chi connectivity index (χ1v) is 5.82. The molecule has 0 unspecified atom stereocenters. The third kappa shape index (κ3) is 3.30. The Morgan fingerprint density at radius 1 is 1.44 bits per heavy atom. The number of carbonyl (C=O) groups excluding carboxylic acids is 2. The average Bonchev–Trinajstić information content (AvgIpc) is 2.46. The first-order valence-electron chi connectivity index (χ1n) is 5.82. The van der Waals surface area contributed by atoms with Crippen molar-refractivity contribution in [1.29, 1.82) is 0 Å². The largest absolute Gasteiger partial charge is 0.445 e. The van der Waals surface area contributed by atoms with Crippen molar-refractivity contribution < 1.29 is 19.1 Å². The molecule has 1 heterocycles. The molecule has 18 heavy (non-hydrogen) atoms. The van der Waals surface area contributed by atoms with Crippen LogP contribution in [0.15, 0.2) is 30.3 Å². The van der Waals surface area contributed by atoms with E-state index in [-0.39, 0.29) is 13.2 Å². The lowest BCUT2D eigenvalue weighted by molar-refractivity contribution is -0.122. The zero-order valence-corrected chi connectivity index (χ0v) is 9.95. The Morgan fingerprint density at radius 3 is 2.94 bits per heavy atom. The van der Waals surface area contributed by atoms with E-state index in [4.69, 9.17) is 9.47 Å². The van der Waals surface area contributed by atoms with Crippen molar-refractivity contribution in [2.45, 2.75) is 12.7 Å². The van der Waals surface area contributed by atoms with E-state index in [0.717, 1.165) is 5.56 Å². The van der Waals surface area contributed by atoms with Crippen molar-refractivity contribution in [2.75, 3.05) is 19.7 Å². The van der Waals surface area contributed by atoms with Gasteiger partial charge in [0.15, 0.2) is 6.29 Å². The molecule has 0 spiro atoms. The highest BCUT2D eigenvalue weighted by molar-refractivity contribution is 5.69. The molecule has 0 saturated carbocycles. The molecule has 1 fully saturated rings. The van der Waals surface area contributed by atoms with Crippen LogP contribution in [0.25, 0.3) is 0 Å². The molecule has 1 aliphatic rings. The molecule has 1 aromatic rings. The van der Waals surface area contributed by atoms with Gasteiger partial charge >= 0.3 is 6.09 Å². The molecule has 1 atom stereocenters. The Morgan fingerprint density at radius 2 is 2.22 bits per heavy atom. The second-order valence-corrected chi connectivity index (χ2v) is 4.03. The van der Waals surface area contributed by atoms with Gasteiger partial charge in [0.05, 0.1) is 13.2 Å². The second-order valence-electron chi connectivity index (χ2n) is 4.03. The number of nitrogens with zero attached hydrogens (tertiary/aromatic N) is 1. The fourth-order valence-electron chi connectivity index (χ4n) is 1.73. The molecule has 0 bridgehead atoms. The fourth-order valence-corrected chi connectivity index (χ4v) is 1.73. The van der Waals surface area contributed by atoms with E-state index in [1.54, 1.807) is 0 Å². The van der Waals surface area contributed by atoms with Crippen LogP contribution in [0.5, 0.6) is 0 Å². The van der Waals surface area contributed by atoms with Gasteiger partial charge in [0, 0.05) is 6.54 Å². The van der Waals surface area contributed by atoms with Crippen LogP contribution in [0.1, 0.15) is 5.56 Å². The summed E-state index contributed by atoms with van der Waals surface area (Å²) >= 11 is 0. The van der Waals surface area contributed by atoms with E-state index >= 15 is 0 Å². The molecule has 5 heteroatoms. The molecule has 2 rings (SSSR count). The third-order valence-corrected chi connectivity index (χ3v) is 2.71. The van der Waals surface area contributed by atoms with Gasteiger partial charge in [0.1, 0.15) is 12.7 Å². The highest BCUT2D eigenvalue weighted by atomic mass is 16.6. The molecular formula is C13H15NO4. The number of hydrogen-bond donors (Lipinski definition) is 0.